The van der Waals surface area contributed by atoms with Crippen molar-refractivity contribution < 1.29 is 9.90 Å². The average molecular weight is 262 g/mol. The van der Waals surface area contributed by atoms with Crippen molar-refractivity contribution in [1.82, 2.24) is 10.2 Å². The number of hydrogen-bond donors (Lipinski definition) is 2. The number of nitrogens with zero attached hydrogens (tertiary/aromatic N) is 1. The van der Waals surface area contributed by atoms with Gasteiger partial charge in [0.05, 0.1) is 6.54 Å². The standard InChI is InChI=1S/C15H22N2O2/c1-11-5-6-13(14(18)9-11)12(2)16-10-15(19)17-7-3-4-8-17/h5-6,9,12,16,18H,3-4,7-8,10H2,1-2H3. The third-order valence-corrected chi connectivity index (χ3v) is 3.67. The number of carbonyl (C=O) groups is 1. The summed E-state index contributed by atoms with van der Waals surface area (Å²) in [4.78, 5) is 13.8. The zero-order valence-corrected chi connectivity index (χ0v) is 11.6. The van der Waals surface area contributed by atoms with Gasteiger partial charge >= 0.3 is 0 Å². The van der Waals surface area contributed by atoms with Crippen LogP contribution in [0.4, 0.5) is 0 Å². The van der Waals surface area contributed by atoms with Crippen LogP contribution in [0.25, 0.3) is 0 Å². The van der Waals surface area contributed by atoms with Crippen LogP contribution in [0, 0.1) is 6.92 Å². The number of phenolic OH excluding ortho intramolecular Hbond substituents is 1. The first-order chi connectivity index (χ1) is 9.08. The molecule has 0 saturated carbocycles. The second kappa shape index (κ2) is 6.06. The summed E-state index contributed by atoms with van der Waals surface area (Å²) >= 11 is 0. The first-order valence-electron chi connectivity index (χ1n) is 6.88. The third kappa shape index (κ3) is 3.47. The van der Waals surface area contributed by atoms with E-state index in [1.807, 2.05) is 30.9 Å². The van der Waals surface area contributed by atoms with Gasteiger partial charge in [0.25, 0.3) is 0 Å². The molecule has 4 nitrogen and oxygen atoms in total. The number of nitrogens with one attached hydrogen (secondary N) is 1. The summed E-state index contributed by atoms with van der Waals surface area (Å²) in [6.07, 6.45) is 2.22. The highest BCUT2D eigenvalue weighted by Gasteiger charge is 2.18. The predicted octanol–water partition coefficient (Wildman–Crippen LogP) is 1.97. The minimum Gasteiger partial charge on any atom is -0.508 e. The van der Waals surface area contributed by atoms with E-state index in [-0.39, 0.29) is 17.7 Å². The Morgan fingerprint density at radius 1 is 1.42 bits per heavy atom. The maximum absolute atomic E-state index is 11.9. The minimum atomic E-state index is -0.0350. The van der Waals surface area contributed by atoms with Crippen molar-refractivity contribution in [2.45, 2.75) is 32.7 Å². The first-order valence-corrected chi connectivity index (χ1v) is 6.88. The second-order valence-corrected chi connectivity index (χ2v) is 5.25. The molecule has 0 aliphatic carbocycles. The van der Waals surface area contributed by atoms with E-state index in [4.69, 9.17) is 0 Å². The molecular formula is C15H22N2O2. The highest BCUT2D eigenvalue weighted by atomic mass is 16.3. The van der Waals surface area contributed by atoms with E-state index in [2.05, 4.69) is 5.32 Å². The molecule has 0 radical (unpaired) electrons. The SMILES string of the molecule is Cc1ccc(C(C)NCC(=O)N2CCCC2)c(O)c1. The van der Waals surface area contributed by atoms with Crippen LogP contribution in [-0.2, 0) is 4.79 Å². The topological polar surface area (TPSA) is 52.6 Å². The fraction of sp³-hybridized carbons (Fsp3) is 0.533. The Balaban J connectivity index is 1.89. The molecule has 104 valence electrons. The molecule has 0 aromatic heterocycles. The minimum absolute atomic E-state index is 0.0350. The Hall–Kier alpha value is -1.55. The summed E-state index contributed by atoms with van der Waals surface area (Å²) in [6.45, 7) is 5.99. The van der Waals surface area contributed by atoms with Crippen LogP contribution >= 0.6 is 0 Å². The molecular weight excluding hydrogens is 240 g/mol. The lowest BCUT2D eigenvalue weighted by atomic mass is 10.1. The van der Waals surface area contributed by atoms with Crippen LogP contribution in [0.3, 0.4) is 0 Å². The summed E-state index contributed by atoms with van der Waals surface area (Å²) in [7, 11) is 0. The third-order valence-electron chi connectivity index (χ3n) is 3.67. The molecule has 1 heterocycles. The molecule has 19 heavy (non-hydrogen) atoms. The largest absolute Gasteiger partial charge is 0.508 e. The Morgan fingerprint density at radius 3 is 2.74 bits per heavy atom. The van der Waals surface area contributed by atoms with Crippen LogP contribution in [0.1, 0.15) is 36.9 Å². The van der Waals surface area contributed by atoms with Gasteiger partial charge in [-0.25, -0.2) is 0 Å². The molecule has 0 spiro atoms. The summed E-state index contributed by atoms with van der Waals surface area (Å²) in [5, 5.41) is 13.1. The van der Waals surface area contributed by atoms with E-state index >= 15 is 0 Å². The van der Waals surface area contributed by atoms with E-state index in [0.29, 0.717) is 6.54 Å². The molecule has 1 unspecified atom stereocenters. The van der Waals surface area contributed by atoms with Gasteiger partial charge in [0, 0.05) is 24.7 Å². The van der Waals surface area contributed by atoms with Gasteiger partial charge in [0.1, 0.15) is 5.75 Å². The van der Waals surface area contributed by atoms with E-state index in [1.54, 1.807) is 6.07 Å². The normalized spacial score (nSPS) is 16.6. The number of aromatic hydroxyl groups is 1. The Labute approximate surface area is 114 Å². The predicted molar refractivity (Wildman–Crippen MR) is 75.1 cm³/mol. The number of rotatable bonds is 4. The van der Waals surface area contributed by atoms with Gasteiger partial charge in [-0.2, -0.15) is 0 Å². The van der Waals surface area contributed by atoms with Gasteiger partial charge in [-0.05, 0) is 38.3 Å². The summed E-state index contributed by atoms with van der Waals surface area (Å²) in [6, 6.07) is 5.58. The smallest absolute Gasteiger partial charge is 0.236 e. The van der Waals surface area contributed by atoms with Crippen molar-refractivity contribution in [1.29, 1.82) is 0 Å². The van der Waals surface area contributed by atoms with E-state index < -0.39 is 0 Å². The van der Waals surface area contributed by atoms with Gasteiger partial charge in [0.15, 0.2) is 0 Å². The maximum Gasteiger partial charge on any atom is 0.236 e. The second-order valence-electron chi connectivity index (χ2n) is 5.25. The van der Waals surface area contributed by atoms with E-state index in [9.17, 15) is 9.90 Å². The Morgan fingerprint density at radius 2 is 2.11 bits per heavy atom. The highest BCUT2D eigenvalue weighted by molar-refractivity contribution is 5.78. The number of hydrogen-bond acceptors (Lipinski definition) is 3. The van der Waals surface area contributed by atoms with Crippen molar-refractivity contribution in [3.8, 4) is 5.75 Å². The molecule has 1 aromatic carbocycles. The van der Waals surface area contributed by atoms with Gasteiger partial charge in [-0.3, -0.25) is 4.79 Å². The number of benzene rings is 1. The monoisotopic (exact) mass is 262 g/mol. The number of aryl methyl sites for hydroxylation is 1. The molecule has 2 rings (SSSR count). The van der Waals surface area contributed by atoms with Gasteiger partial charge in [0.2, 0.25) is 5.91 Å². The molecule has 2 N–H and O–H groups in total. The fourth-order valence-corrected chi connectivity index (χ4v) is 2.45. The number of phenols is 1. The molecule has 1 aliphatic rings. The van der Waals surface area contributed by atoms with E-state index in [1.165, 1.54) is 0 Å². The lowest BCUT2D eigenvalue weighted by Gasteiger charge is -2.19. The average Bonchev–Trinajstić information content (AvgIpc) is 2.89. The Kier molecular flexibility index (Phi) is 4.43. The lowest BCUT2D eigenvalue weighted by Crippen LogP contribution is -2.37. The molecule has 1 aromatic rings. The van der Waals surface area contributed by atoms with Crippen molar-refractivity contribution in [2.24, 2.45) is 0 Å². The molecule has 0 bridgehead atoms. The Bertz CT molecular complexity index is 453. The van der Waals surface area contributed by atoms with Crippen molar-refractivity contribution >= 4 is 5.91 Å². The van der Waals surface area contributed by atoms with Crippen molar-refractivity contribution in [2.75, 3.05) is 19.6 Å². The van der Waals surface area contributed by atoms with Crippen LogP contribution in [0.15, 0.2) is 18.2 Å². The van der Waals surface area contributed by atoms with Gasteiger partial charge in [-0.15, -0.1) is 0 Å². The van der Waals surface area contributed by atoms with Crippen molar-refractivity contribution in [3.05, 3.63) is 29.3 Å². The number of carbonyl (C=O) groups excluding carboxylic acids is 1. The lowest BCUT2D eigenvalue weighted by molar-refractivity contribution is -0.129. The zero-order valence-electron chi connectivity index (χ0n) is 11.6. The van der Waals surface area contributed by atoms with Gasteiger partial charge < -0.3 is 15.3 Å². The van der Waals surface area contributed by atoms with E-state index in [0.717, 1.165) is 37.1 Å². The van der Waals surface area contributed by atoms with Crippen LogP contribution in [-0.4, -0.2) is 35.5 Å². The molecule has 1 fully saturated rings. The zero-order chi connectivity index (χ0) is 13.8. The molecule has 1 amide bonds. The van der Waals surface area contributed by atoms with Crippen LogP contribution < -0.4 is 5.32 Å². The van der Waals surface area contributed by atoms with Crippen molar-refractivity contribution in [3.63, 3.8) is 0 Å². The maximum atomic E-state index is 11.9. The molecule has 1 atom stereocenters. The van der Waals surface area contributed by atoms with Gasteiger partial charge in [-0.1, -0.05) is 12.1 Å². The van der Waals surface area contributed by atoms with Crippen LogP contribution in [0.2, 0.25) is 0 Å². The number of likely N-dealkylation sites (tertiary alicyclic amines) is 1. The van der Waals surface area contributed by atoms with Crippen LogP contribution in [0.5, 0.6) is 5.75 Å². The number of amides is 1. The first kappa shape index (κ1) is 13.9. The molecule has 1 saturated heterocycles. The summed E-state index contributed by atoms with van der Waals surface area (Å²) in [5.74, 6) is 0.435. The molecule has 4 heteroatoms. The fourth-order valence-electron chi connectivity index (χ4n) is 2.45. The highest BCUT2D eigenvalue weighted by Crippen LogP contribution is 2.24. The molecule has 1 aliphatic heterocycles. The summed E-state index contributed by atoms with van der Waals surface area (Å²) < 4.78 is 0. The summed E-state index contributed by atoms with van der Waals surface area (Å²) in [5.41, 5.74) is 1.86. The quantitative estimate of drug-likeness (QED) is 0.872.